The minimum atomic E-state index is -4.31. The van der Waals surface area contributed by atoms with Crippen LogP contribution in [0.3, 0.4) is 0 Å². The lowest BCUT2D eigenvalue weighted by Gasteiger charge is -2.13. The van der Waals surface area contributed by atoms with Crippen LogP contribution in [0.2, 0.25) is 0 Å². The van der Waals surface area contributed by atoms with Gasteiger partial charge in [0.25, 0.3) is 0 Å². The lowest BCUT2D eigenvalue weighted by molar-refractivity contribution is -0.137. The summed E-state index contributed by atoms with van der Waals surface area (Å²) >= 11 is 0. The summed E-state index contributed by atoms with van der Waals surface area (Å²) in [5.41, 5.74) is -0.315. The molecular weight excluding hydrogens is 325 g/mol. The van der Waals surface area contributed by atoms with Gasteiger partial charge < -0.3 is 0 Å². The van der Waals surface area contributed by atoms with Crippen LogP contribution >= 0.6 is 51.1 Å². The summed E-state index contributed by atoms with van der Waals surface area (Å²) in [5, 5.41) is 1.77. The summed E-state index contributed by atoms with van der Waals surface area (Å²) in [6.07, 6.45) is -4.31. The Kier molecular flexibility index (Phi) is 4.99. The van der Waals surface area contributed by atoms with Gasteiger partial charge in [0, 0.05) is 10.5 Å². The van der Waals surface area contributed by atoms with E-state index in [2.05, 4.69) is 0 Å². The van der Waals surface area contributed by atoms with Gasteiger partial charge in [0.2, 0.25) is 0 Å². The van der Waals surface area contributed by atoms with Crippen LogP contribution in [0, 0.1) is 0 Å². The minimum absolute atomic E-state index is 0.258. The van der Waals surface area contributed by atoms with Crippen LogP contribution in [-0.2, 0) is 6.18 Å². The van der Waals surface area contributed by atoms with Gasteiger partial charge in [-0.15, -0.1) is 0 Å². The second-order valence-electron chi connectivity index (χ2n) is 2.91. The van der Waals surface area contributed by atoms with Gasteiger partial charge in [0.15, 0.2) is 0 Å². The molecule has 92 valence electrons. The van der Waals surface area contributed by atoms with Gasteiger partial charge in [-0.05, 0) is 51.7 Å². The molecule has 0 radical (unpaired) electrons. The number of alkyl halides is 3. The fraction of sp³-hybridized carbons (Fsp3) is 0.111. The number of rotatable bonds is 1. The van der Waals surface area contributed by atoms with E-state index in [1.807, 2.05) is 0 Å². The molecule has 1 aliphatic rings. The summed E-state index contributed by atoms with van der Waals surface area (Å²) in [5.74, 6) is 0. The van der Waals surface area contributed by atoms with E-state index in [1.54, 1.807) is 31.1 Å². The predicted octanol–water partition coefficient (Wildman–Crippen LogP) is 6.34. The third-order valence-corrected chi connectivity index (χ3v) is 10.0. The van der Waals surface area contributed by atoms with E-state index in [0.29, 0.717) is 4.91 Å². The molecule has 0 saturated heterocycles. The van der Waals surface area contributed by atoms with E-state index in [9.17, 15) is 13.2 Å². The Morgan fingerprint density at radius 1 is 0.941 bits per heavy atom. The molecule has 0 N–H and O–H groups in total. The van der Waals surface area contributed by atoms with E-state index in [0.717, 1.165) is 6.07 Å². The van der Waals surface area contributed by atoms with Crippen LogP contribution in [0.25, 0.3) is 4.91 Å². The molecule has 0 aromatic heterocycles. The first-order valence-corrected chi connectivity index (χ1v) is 10.5. The Labute approximate surface area is 116 Å². The van der Waals surface area contributed by atoms with Crippen molar-refractivity contribution in [3.8, 4) is 0 Å². The topological polar surface area (TPSA) is 0 Å². The molecule has 1 heterocycles. The van der Waals surface area contributed by atoms with Gasteiger partial charge in [-0.2, -0.15) is 13.2 Å². The molecule has 1 aromatic carbocycles. The molecular formula is C9H5F3S5. The Hall–Kier alpha value is 0.500. The van der Waals surface area contributed by atoms with Gasteiger partial charge in [-0.3, -0.25) is 0 Å². The molecule has 17 heavy (non-hydrogen) atoms. The van der Waals surface area contributed by atoms with Crippen molar-refractivity contribution in [2.75, 3.05) is 0 Å². The van der Waals surface area contributed by atoms with Gasteiger partial charge in [-0.1, -0.05) is 29.0 Å². The van der Waals surface area contributed by atoms with Crippen molar-refractivity contribution in [3.05, 3.63) is 40.8 Å². The van der Waals surface area contributed by atoms with Crippen LogP contribution in [0.4, 0.5) is 13.2 Å². The van der Waals surface area contributed by atoms with Crippen LogP contribution in [0.15, 0.2) is 29.7 Å². The SMILES string of the molecule is FC(F)(F)c1ccccc1C1=CSSSSS1. The standard InChI is InChI=1S/C9H5F3S5/c10-9(11,12)7-4-2-1-3-6(7)8-5-13-15-17-16-14-8/h1-5H. The summed E-state index contributed by atoms with van der Waals surface area (Å²) in [6.45, 7) is 0. The second kappa shape index (κ2) is 6.10. The molecule has 1 aromatic rings. The van der Waals surface area contributed by atoms with Crippen molar-refractivity contribution in [2.45, 2.75) is 6.18 Å². The largest absolute Gasteiger partial charge is 0.417 e. The van der Waals surface area contributed by atoms with Gasteiger partial charge in [0.05, 0.1) is 5.56 Å². The maximum absolute atomic E-state index is 12.8. The number of benzene rings is 1. The fourth-order valence-corrected chi connectivity index (χ4v) is 9.69. The lowest BCUT2D eigenvalue weighted by atomic mass is 10.1. The molecule has 8 heteroatoms. The second-order valence-corrected chi connectivity index (χ2v) is 10.3. The number of hydrogen-bond donors (Lipinski definition) is 0. The van der Waals surface area contributed by atoms with E-state index in [-0.39, 0.29) is 5.56 Å². The van der Waals surface area contributed by atoms with Crippen LogP contribution in [0.1, 0.15) is 11.1 Å². The predicted molar refractivity (Wildman–Crippen MR) is 77.4 cm³/mol. The molecule has 1 aliphatic heterocycles. The smallest absolute Gasteiger partial charge is 0.166 e. The molecule has 0 unspecified atom stereocenters. The Bertz CT molecular complexity index is 429. The van der Waals surface area contributed by atoms with Crippen molar-refractivity contribution in [1.29, 1.82) is 0 Å². The average molecular weight is 330 g/mol. The van der Waals surface area contributed by atoms with Gasteiger partial charge in [-0.25, -0.2) is 0 Å². The normalized spacial score (nSPS) is 17.5. The van der Waals surface area contributed by atoms with Gasteiger partial charge in [0.1, 0.15) is 0 Å². The molecule has 0 atom stereocenters. The van der Waals surface area contributed by atoms with Crippen molar-refractivity contribution in [2.24, 2.45) is 0 Å². The van der Waals surface area contributed by atoms with E-state index in [4.69, 9.17) is 0 Å². The highest BCUT2D eigenvalue weighted by Crippen LogP contribution is 2.58. The summed E-state index contributed by atoms with van der Waals surface area (Å²) in [6, 6.07) is 5.69. The van der Waals surface area contributed by atoms with E-state index >= 15 is 0 Å². The minimum Gasteiger partial charge on any atom is -0.166 e. The fourth-order valence-electron chi connectivity index (χ4n) is 1.21. The Morgan fingerprint density at radius 3 is 2.47 bits per heavy atom. The summed E-state index contributed by atoms with van der Waals surface area (Å²) < 4.78 is 38.5. The third kappa shape index (κ3) is 3.73. The van der Waals surface area contributed by atoms with Crippen molar-refractivity contribution < 1.29 is 13.2 Å². The van der Waals surface area contributed by atoms with Crippen LogP contribution in [0.5, 0.6) is 0 Å². The zero-order valence-corrected chi connectivity index (χ0v) is 12.1. The zero-order chi connectivity index (χ0) is 12.3. The van der Waals surface area contributed by atoms with E-state index < -0.39 is 11.7 Å². The van der Waals surface area contributed by atoms with E-state index in [1.165, 1.54) is 43.5 Å². The number of hydrogen-bond acceptors (Lipinski definition) is 5. The van der Waals surface area contributed by atoms with Crippen molar-refractivity contribution in [1.82, 2.24) is 0 Å². The molecule has 0 aliphatic carbocycles. The monoisotopic (exact) mass is 330 g/mol. The quantitative estimate of drug-likeness (QED) is 0.549. The molecule has 0 fully saturated rings. The molecule has 0 nitrogen and oxygen atoms in total. The highest BCUT2D eigenvalue weighted by atomic mass is 33.8. The summed E-state index contributed by atoms with van der Waals surface area (Å²) in [7, 11) is 7.39. The van der Waals surface area contributed by atoms with Crippen LogP contribution < -0.4 is 0 Å². The first kappa shape index (κ1) is 13.9. The maximum atomic E-state index is 12.8. The Balaban J connectivity index is 2.40. The first-order valence-electron chi connectivity index (χ1n) is 4.29. The molecule has 0 bridgehead atoms. The molecule has 0 amide bonds. The van der Waals surface area contributed by atoms with Crippen molar-refractivity contribution in [3.63, 3.8) is 0 Å². The van der Waals surface area contributed by atoms with Gasteiger partial charge >= 0.3 is 6.18 Å². The maximum Gasteiger partial charge on any atom is 0.417 e. The Morgan fingerprint density at radius 2 is 1.71 bits per heavy atom. The summed E-state index contributed by atoms with van der Waals surface area (Å²) in [4.78, 5) is 0.658. The first-order chi connectivity index (χ1) is 8.09. The molecule has 0 saturated carbocycles. The highest BCUT2D eigenvalue weighted by Gasteiger charge is 2.34. The van der Waals surface area contributed by atoms with Crippen LogP contribution in [-0.4, -0.2) is 0 Å². The molecule has 2 rings (SSSR count). The number of halogens is 3. The lowest BCUT2D eigenvalue weighted by Crippen LogP contribution is -2.07. The zero-order valence-electron chi connectivity index (χ0n) is 8.06. The molecule has 0 spiro atoms. The highest BCUT2D eigenvalue weighted by molar-refractivity contribution is 9.37. The average Bonchev–Trinajstić information content (AvgIpc) is 2.56. The van der Waals surface area contributed by atoms with Crippen molar-refractivity contribution >= 4 is 56.0 Å². The third-order valence-electron chi connectivity index (χ3n) is 1.87.